The van der Waals surface area contributed by atoms with Crippen LogP contribution >= 0.6 is 0 Å². The summed E-state index contributed by atoms with van der Waals surface area (Å²) in [5.41, 5.74) is -1.05. The number of aromatic amines is 2. The Hall–Kier alpha value is -2.46. The molecule has 1 aliphatic rings. The minimum atomic E-state index is -3.74. The molecule has 10 heteroatoms. The summed E-state index contributed by atoms with van der Waals surface area (Å²) in [5.74, 6) is -0.0840. The fourth-order valence-electron chi connectivity index (χ4n) is 2.65. The van der Waals surface area contributed by atoms with Gasteiger partial charge in [0.05, 0.1) is 15.9 Å². The number of fused-ring (bicyclic) bond motifs is 1. The number of hydrogen-bond acceptors (Lipinski definition) is 5. The summed E-state index contributed by atoms with van der Waals surface area (Å²) >= 11 is 0. The van der Waals surface area contributed by atoms with E-state index in [0.717, 1.165) is 0 Å². The molecule has 1 fully saturated rings. The Balaban J connectivity index is 1.94. The van der Waals surface area contributed by atoms with Crippen LogP contribution in [0.5, 0.6) is 0 Å². The van der Waals surface area contributed by atoms with Crippen molar-refractivity contribution in [2.45, 2.75) is 11.8 Å². The first-order valence-corrected chi connectivity index (χ1v) is 8.75. The number of nitrogens with one attached hydrogen (secondary N) is 2. The highest BCUT2D eigenvalue weighted by molar-refractivity contribution is 7.89. The average molecular weight is 352 g/mol. The maximum absolute atomic E-state index is 12.7. The van der Waals surface area contributed by atoms with Gasteiger partial charge in [-0.2, -0.15) is 4.31 Å². The van der Waals surface area contributed by atoms with Gasteiger partial charge in [0.25, 0.3) is 0 Å². The van der Waals surface area contributed by atoms with Gasteiger partial charge in [-0.1, -0.05) is 0 Å². The van der Waals surface area contributed by atoms with Gasteiger partial charge >= 0.3 is 11.1 Å². The van der Waals surface area contributed by atoms with Gasteiger partial charge in [0.2, 0.25) is 15.9 Å². The highest BCUT2D eigenvalue weighted by atomic mass is 32.2. The number of carbonyl (C=O) groups excluding carboxylic acids is 1. The molecule has 1 aliphatic heterocycles. The molecule has 1 aromatic heterocycles. The van der Waals surface area contributed by atoms with Crippen molar-refractivity contribution in [1.29, 1.82) is 0 Å². The summed E-state index contributed by atoms with van der Waals surface area (Å²) in [6.07, 6.45) is 0. The first-order chi connectivity index (χ1) is 11.3. The van der Waals surface area contributed by atoms with Crippen LogP contribution in [0.3, 0.4) is 0 Å². The topological polar surface area (TPSA) is 123 Å². The molecule has 9 nitrogen and oxygen atoms in total. The Morgan fingerprint density at radius 2 is 1.58 bits per heavy atom. The molecule has 0 spiro atoms. The van der Waals surface area contributed by atoms with Crippen molar-refractivity contribution < 1.29 is 13.2 Å². The predicted octanol–water partition coefficient (Wildman–Crippen LogP) is -0.931. The molecule has 3 rings (SSSR count). The van der Waals surface area contributed by atoms with E-state index in [2.05, 4.69) is 9.97 Å². The summed E-state index contributed by atoms with van der Waals surface area (Å²) in [6, 6.07) is 4.13. The second kappa shape index (κ2) is 5.87. The molecule has 0 aliphatic carbocycles. The Labute approximate surface area is 137 Å². The van der Waals surface area contributed by atoms with Gasteiger partial charge in [0.1, 0.15) is 0 Å². The van der Waals surface area contributed by atoms with Crippen molar-refractivity contribution in [2.24, 2.45) is 0 Å². The zero-order chi connectivity index (χ0) is 17.5. The lowest BCUT2D eigenvalue weighted by Crippen LogP contribution is -2.49. The van der Waals surface area contributed by atoms with Crippen LogP contribution in [0, 0.1) is 0 Å². The average Bonchev–Trinajstić information content (AvgIpc) is 2.55. The maximum Gasteiger partial charge on any atom is 0.314 e. The normalized spacial score (nSPS) is 16.5. The second-order valence-corrected chi connectivity index (χ2v) is 7.46. The summed E-state index contributed by atoms with van der Waals surface area (Å²) in [7, 11) is -3.74. The molecule has 2 N–H and O–H groups in total. The Bertz CT molecular complexity index is 1020. The Morgan fingerprint density at radius 1 is 1.00 bits per heavy atom. The van der Waals surface area contributed by atoms with Crippen LogP contribution < -0.4 is 11.1 Å². The van der Waals surface area contributed by atoms with Crippen molar-refractivity contribution in [2.75, 3.05) is 26.2 Å². The Kier molecular flexibility index (Phi) is 4.01. The molecule has 1 amide bonds. The van der Waals surface area contributed by atoms with Crippen molar-refractivity contribution in [3.63, 3.8) is 0 Å². The maximum atomic E-state index is 12.7. The van der Waals surface area contributed by atoms with E-state index in [1.807, 2.05) is 0 Å². The van der Waals surface area contributed by atoms with Crippen molar-refractivity contribution in [1.82, 2.24) is 19.2 Å². The van der Waals surface area contributed by atoms with Crippen molar-refractivity contribution in [3.8, 4) is 0 Å². The van der Waals surface area contributed by atoms with E-state index in [1.165, 1.54) is 29.4 Å². The monoisotopic (exact) mass is 352 g/mol. The van der Waals surface area contributed by atoms with Crippen LogP contribution in [-0.4, -0.2) is 59.7 Å². The minimum absolute atomic E-state index is 0.0222. The van der Waals surface area contributed by atoms with Gasteiger partial charge in [-0.05, 0) is 18.2 Å². The van der Waals surface area contributed by atoms with E-state index >= 15 is 0 Å². The molecule has 128 valence electrons. The first kappa shape index (κ1) is 16.4. The highest BCUT2D eigenvalue weighted by Gasteiger charge is 2.29. The lowest BCUT2D eigenvalue weighted by Gasteiger charge is -2.33. The third-order valence-corrected chi connectivity index (χ3v) is 5.91. The Morgan fingerprint density at radius 3 is 2.17 bits per heavy atom. The van der Waals surface area contributed by atoms with Crippen molar-refractivity contribution >= 4 is 27.0 Å². The van der Waals surface area contributed by atoms with Gasteiger partial charge in [0, 0.05) is 33.1 Å². The summed E-state index contributed by atoms with van der Waals surface area (Å²) in [6.45, 7) is 2.55. The fourth-order valence-corrected chi connectivity index (χ4v) is 4.10. The number of carbonyl (C=O) groups is 1. The second-order valence-electron chi connectivity index (χ2n) is 5.53. The zero-order valence-electron chi connectivity index (χ0n) is 12.9. The SMILES string of the molecule is CC(=O)N1CCN(S(=O)(=O)c2ccc3[nH]c(=O)c(=O)[nH]c3c2)CC1. The number of piperazine rings is 1. The van der Waals surface area contributed by atoms with Crippen LogP contribution in [0.15, 0.2) is 32.7 Å². The molecule has 0 unspecified atom stereocenters. The highest BCUT2D eigenvalue weighted by Crippen LogP contribution is 2.20. The molecule has 24 heavy (non-hydrogen) atoms. The van der Waals surface area contributed by atoms with Crippen molar-refractivity contribution in [3.05, 3.63) is 38.9 Å². The minimum Gasteiger partial charge on any atom is -0.340 e. The van der Waals surface area contributed by atoms with Crippen LogP contribution in [0.1, 0.15) is 6.92 Å². The molecule has 0 saturated carbocycles. The lowest BCUT2D eigenvalue weighted by atomic mass is 10.3. The molecular weight excluding hydrogens is 336 g/mol. The van der Waals surface area contributed by atoms with E-state index in [0.29, 0.717) is 18.6 Å². The molecule has 2 aromatic rings. The van der Waals surface area contributed by atoms with Crippen LogP contribution in [-0.2, 0) is 14.8 Å². The van der Waals surface area contributed by atoms with Gasteiger partial charge in [0.15, 0.2) is 0 Å². The molecule has 2 heterocycles. The number of rotatable bonds is 2. The van der Waals surface area contributed by atoms with E-state index in [-0.39, 0.29) is 29.4 Å². The number of aromatic nitrogens is 2. The predicted molar refractivity (Wildman–Crippen MR) is 86.2 cm³/mol. The van der Waals surface area contributed by atoms with E-state index < -0.39 is 21.1 Å². The van der Waals surface area contributed by atoms with Crippen LogP contribution in [0.4, 0.5) is 0 Å². The number of hydrogen-bond donors (Lipinski definition) is 2. The van der Waals surface area contributed by atoms with E-state index in [4.69, 9.17) is 0 Å². The third-order valence-electron chi connectivity index (χ3n) is 4.02. The third kappa shape index (κ3) is 2.85. The molecule has 1 saturated heterocycles. The smallest absolute Gasteiger partial charge is 0.314 e. The quantitative estimate of drug-likeness (QED) is 0.676. The summed E-state index contributed by atoms with van der Waals surface area (Å²) in [4.78, 5) is 40.4. The van der Waals surface area contributed by atoms with E-state index in [9.17, 15) is 22.8 Å². The van der Waals surface area contributed by atoms with Crippen LogP contribution in [0.25, 0.3) is 11.0 Å². The number of sulfonamides is 1. The van der Waals surface area contributed by atoms with E-state index in [1.54, 1.807) is 4.90 Å². The molecule has 0 radical (unpaired) electrons. The first-order valence-electron chi connectivity index (χ1n) is 7.31. The number of benzene rings is 1. The van der Waals surface area contributed by atoms with Gasteiger partial charge < -0.3 is 14.9 Å². The molecule has 0 bridgehead atoms. The fraction of sp³-hybridized carbons (Fsp3) is 0.357. The number of H-pyrrole nitrogens is 2. The number of amides is 1. The molecule has 1 aromatic carbocycles. The standard InChI is InChI=1S/C14H16N4O5S/c1-9(19)17-4-6-18(7-5-17)24(22,23)10-2-3-11-12(8-10)16-14(21)13(20)15-11/h2-3,8H,4-7H2,1H3,(H,15,20)(H,16,21). The van der Waals surface area contributed by atoms with Gasteiger partial charge in [-0.3, -0.25) is 14.4 Å². The summed E-state index contributed by atoms with van der Waals surface area (Å²) < 4.78 is 26.7. The van der Waals surface area contributed by atoms with Gasteiger partial charge in [-0.15, -0.1) is 0 Å². The lowest BCUT2D eigenvalue weighted by molar-refractivity contribution is -0.129. The zero-order valence-corrected chi connectivity index (χ0v) is 13.7. The molecule has 0 atom stereocenters. The van der Waals surface area contributed by atoms with Crippen LogP contribution in [0.2, 0.25) is 0 Å². The summed E-state index contributed by atoms with van der Waals surface area (Å²) in [5, 5.41) is 0. The number of nitrogens with zero attached hydrogens (tertiary/aromatic N) is 2. The van der Waals surface area contributed by atoms with Gasteiger partial charge in [-0.25, -0.2) is 8.42 Å². The largest absolute Gasteiger partial charge is 0.340 e. The molecular formula is C14H16N4O5S.